The molecule has 1 aliphatic heterocycles. The summed E-state index contributed by atoms with van der Waals surface area (Å²) in [6.07, 6.45) is -0.0552. The van der Waals surface area contributed by atoms with Gasteiger partial charge in [0.1, 0.15) is 6.61 Å². The Morgan fingerprint density at radius 1 is 1.57 bits per heavy atom. The van der Waals surface area contributed by atoms with Crippen LogP contribution < -0.4 is 5.73 Å². The van der Waals surface area contributed by atoms with E-state index in [1.54, 1.807) is 0 Å². The monoisotopic (exact) mass is 237 g/mol. The molecule has 1 rings (SSSR count). The second-order valence-corrected chi connectivity index (χ2v) is 4.77. The van der Waals surface area contributed by atoms with Crippen molar-refractivity contribution < 1.29 is 24.5 Å². The van der Waals surface area contributed by atoms with Crippen molar-refractivity contribution in [2.45, 2.75) is 4.87 Å². The fourth-order valence-electron chi connectivity index (χ4n) is 0.695. The fraction of sp³-hybridized carbons (Fsp3) is 0.333. The molecule has 4 N–H and O–H groups in total. The highest BCUT2D eigenvalue weighted by atomic mass is 33.1. The summed E-state index contributed by atoms with van der Waals surface area (Å²) < 4.78 is 4.19. The van der Waals surface area contributed by atoms with E-state index in [-0.39, 0.29) is 6.61 Å². The van der Waals surface area contributed by atoms with Crippen LogP contribution in [0, 0.1) is 0 Å². The normalized spacial score (nSPS) is 28.2. The van der Waals surface area contributed by atoms with Crippen molar-refractivity contribution in [1.82, 2.24) is 0 Å². The molecule has 8 heteroatoms. The Morgan fingerprint density at radius 3 is 2.57 bits per heavy atom. The van der Waals surface area contributed by atoms with Crippen LogP contribution in [0.2, 0.25) is 0 Å². The van der Waals surface area contributed by atoms with E-state index in [1.165, 1.54) is 16.9 Å². The summed E-state index contributed by atoms with van der Waals surface area (Å²) in [5.74, 6) is -1.15. The maximum Gasteiger partial charge on any atom is 0.506 e. The fourth-order valence-corrected chi connectivity index (χ4v) is 2.93. The van der Waals surface area contributed by atoms with Gasteiger partial charge in [0.2, 0.25) is 4.87 Å². The lowest BCUT2D eigenvalue weighted by Gasteiger charge is -2.34. The molecule has 0 bridgehead atoms. The lowest BCUT2D eigenvalue weighted by molar-refractivity contribution is -0.138. The van der Waals surface area contributed by atoms with Crippen LogP contribution >= 0.6 is 21.6 Å². The molecule has 1 unspecified atom stereocenters. The molecule has 0 aromatic heterocycles. The lowest BCUT2D eigenvalue weighted by atomic mass is 10.2. The molecule has 14 heavy (non-hydrogen) atoms. The van der Waals surface area contributed by atoms with Crippen molar-refractivity contribution in [3.05, 3.63) is 11.0 Å². The van der Waals surface area contributed by atoms with Crippen molar-refractivity contribution in [3.63, 3.8) is 0 Å². The van der Waals surface area contributed by atoms with Crippen molar-refractivity contribution >= 4 is 33.7 Å². The predicted octanol–water partition coefficient (Wildman–Crippen LogP) is 0.700. The highest BCUT2D eigenvalue weighted by Crippen LogP contribution is 2.56. The average Bonchev–Trinajstić information content (AvgIpc) is 2.08. The second-order valence-electron chi connectivity index (χ2n) is 2.35. The Balaban J connectivity index is 2.53. The van der Waals surface area contributed by atoms with E-state index >= 15 is 0 Å². The minimum absolute atomic E-state index is 0.190. The first-order valence-electron chi connectivity index (χ1n) is 3.41. The first-order chi connectivity index (χ1) is 6.47. The zero-order valence-electron chi connectivity index (χ0n) is 6.80. The van der Waals surface area contributed by atoms with Gasteiger partial charge in [-0.25, -0.2) is 9.59 Å². The molecule has 0 aliphatic carbocycles. The molecule has 0 aromatic rings. The number of carbonyl (C=O) groups is 2. The third-order valence-corrected chi connectivity index (χ3v) is 4.54. The molecule has 0 radical (unpaired) electrons. The standard InChI is InChI=1S/C6H7NO5S2/c7-6(4(8)9)3(13-14-6)1-2-12-5(10)11/h1H,2,7H2,(H,8,9)(H,10,11). The number of nitrogens with two attached hydrogens (primary N) is 1. The maximum atomic E-state index is 10.7. The molecule has 0 spiro atoms. The quantitative estimate of drug-likeness (QED) is 0.486. The molecule has 6 nitrogen and oxygen atoms in total. The molecule has 0 saturated carbocycles. The van der Waals surface area contributed by atoms with E-state index in [1.807, 2.05) is 0 Å². The summed E-state index contributed by atoms with van der Waals surface area (Å²) in [4.78, 5) is 19.6. The Bertz CT molecular complexity index is 305. The SMILES string of the molecule is NC1(C(=O)O)SSC1=CCOC(=O)O. The van der Waals surface area contributed by atoms with Crippen LogP contribution in [0.25, 0.3) is 0 Å². The summed E-state index contributed by atoms with van der Waals surface area (Å²) in [5, 5.41) is 16.9. The largest absolute Gasteiger partial charge is 0.506 e. The molecule has 0 amide bonds. The Kier molecular flexibility index (Phi) is 3.29. The van der Waals surface area contributed by atoms with E-state index in [9.17, 15) is 9.59 Å². The Hall–Kier alpha value is -0.860. The van der Waals surface area contributed by atoms with Crippen LogP contribution in [0.5, 0.6) is 0 Å². The molecule has 1 saturated heterocycles. The minimum atomic E-state index is -1.44. The van der Waals surface area contributed by atoms with Crippen LogP contribution in [-0.2, 0) is 9.53 Å². The number of rotatable bonds is 3. The molecule has 0 aromatic carbocycles. The summed E-state index contributed by atoms with van der Waals surface area (Å²) in [6, 6.07) is 0. The molecule has 1 atom stereocenters. The van der Waals surface area contributed by atoms with Gasteiger partial charge in [0.25, 0.3) is 0 Å². The van der Waals surface area contributed by atoms with Crippen molar-refractivity contribution in [2.24, 2.45) is 5.73 Å². The van der Waals surface area contributed by atoms with Gasteiger partial charge in [0, 0.05) is 4.91 Å². The van der Waals surface area contributed by atoms with Gasteiger partial charge in [-0.3, -0.25) is 0 Å². The highest BCUT2D eigenvalue weighted by Gasteiger charge is 2.48. The van der Waals surface area contributed by atoms with Gasteiger partial charge in [0.15, 0.2) is 0 Å². The van der Waals surface area contributed by atoms with Crippen LogP contribution in [0.15, 0.2) is 11.0 Å². The highest BCUT2D eigenvalue weighted by molar-refractivity contribution is 8.82. The van der Waals surface area contributed by atoms with Crippen LogP contribution in [0.3, 0.4) is 0 Å². The number of aliphatic carboxylic acids is 1. The molecular formula is C6H7NO5S2. The van der Waals surface area contributed by atoms with E-state index < -0.39 is 17.0 Å². The van der Waals surface area contributed by atoms with E-state index in [2.05, 4.69) is 4.74 Å². The molecular weight excluding hydrogens is 230 g/mol. The summed E-state index contributed by atoms with van der Waals surface area (Å²) in [7, 11) is 2.20. The maximum absolute atomic E-state index is 10.7. The number of hydrogen-bond acceptors (Lipinski definition) is 6. The van der Waals surface area contributed by atoms with E-state index in [0.717, 1.165) is 10.8 Å². The number of hydrogen-bond donors (Lipinski definition) is 3. The topological polar surface area (TPSA) is 110 Å². The summed E-state index contributed by atoms with van der Waals surface area (Å²) in [5.41, 5.74) is 5.48. The van der Waals surface area contributed by atoms with Gasteiger partial charge >= 0.3 is 12.1 Å². The molecule has 78 valence electrons. The van der Waals surface area contributed by atoms with Crippen molar-refractivity contribution in [2.75, 3.05) is 6.61 Å². The zero-order chi connectivity index (χ0) is 10.8. The van der Waals surface area contributed by atoms with Crippen molar-refractivity contribution in [3.8, 4) is 0 Å². The third kappa shape index (κ3) is 2.14. The van der Waals surface area contributed by atoms with Gasteiger partial charge in [-0.05, 0) is 16.9 Å². The molecule has 1 heterocycles. The van der Waals surface area contributed by atoms with Gasteiger partial charge in [-0.1, -0.05) is 10.8 Å². The predicted molar refractivity (Wildman–Crippen MR) is 51.8 cm³/mol. The van der Waals surface area contributed by atoms with Crippen LogP contribution in [-0.4, -0.2) is 33.8 Å². The number of ether oxygens (including phenoxy) is 1. The Morgan fingerprint density at radius 2 is 2.21 bits per heavy atom. The first-order valence-corrected chi connectivity index (χ1v) is 5.56. The third-order valence-electron chi connectivity index (χ3n) is 1.42. The van der Waals surface area contributed by atoms with E-state index in [0.29, 0.717) is 4.91 Å². The molecule has 1 fully saturated rings. The average molecular weight is 237 g/mol. The van der Waals surface area contributed by atoms with Crippen LogP contribution in [0.1, 0.15) is 0 Å². The Labute approximate surface area is 86.9 Å². The smallest absolute Gasteiger partial charge is 0.479 e. The second kappa shape index (κ2) is 4.11. The summed E-state index contributed by atoms with van der Waals surface area (Å²) in [6.45, 7) is -0.190. The van der Waals surface area contributed by atoms with Crippen LogP contribution in [0.4, 0.5) is 4.79 Å². The minimum Gasteiger partial charge on any atom is -0.479 e. The van der Waals surface area contributed by atoms with Gasteiger partial charge in [-0.2, -0.15) is 0 Å². The van der Waals surface area contributed by atoms with Gasteiger partial charge in [0.05, 0.1) is 0 Å². The lowest BCUT2D eigenvalue weighted by Crippen LogP contribution is -2.49. The summed E-state index contributed by atoms with van der Waals surface area (Å²) >= 11 is 0. The zero-order valence-corrected chi connectivity index (χ0v) is 8.43. The van der Waals surface area contributed by atoms with E-state index in [4.69, 9.17) is 15.9 Å². The number of carboxylic acid groups (broad SMARTS) is 2. The first kappa shape index (κ1) is 11.2. The number of carboxylic acids is 1. The van der Waals surface area contributed by atoms with Crippen molar-refractivity contribution in [1.29, 1.82) is 0 Å². The van der Waals surface area contributed by atoms with Gasteiger partial charge in [-0.15, -0.1) is 0 Å². The van der Waals surface area contributed by atoms with Gasteiger partial charge < -0.3 is 20.7 Å². The molecule has 1 aliphatic rings.